The minimum atomic E-state index is -3.66. The van der Waals surface area contributed by atoms with Crippen LogP contribution in [0.2, 0.25) is 0 Å². The molecule has 1 saturated heterocycles. The van der Waals surface area contributed by atoms with Gasteiger partial charge in [0.2, 0.25) is 0 Å². The average Bonchev–Trinajstić information content (AvgIpc) is 3.13. The maximum atomic E-state index is 12.3. The molecule has 3 aliphatic rings. The first-order valence-corrected chi connectivity index (χ1v) is 11.6. The molecular weight excluding hydrogens is 400 g/mol. The van der Waals surface area contributed by atoms with Crippen molar-refractivity contribution in [3.63, 3.8) is 0 Å². The summed E-state index contributed by atoms with van der Waals surface area (Å²) in [7, 11) is -7.32. The van der Waals surface area contributed by atoms with Crippen molar-refractivity contribution >= 4 is 31.7 Å². The Morgan fingerprint density at radius 1 is 0.607 bits per heavy atom. The van der Waals surface area contributed by atoms with Crippen molar-refractivity contribution in [2.24, 2.45) is 8.80 Å². The summed E-state index contributed by atoms with van der Waals surface area (Å²) in [4.78, 5) is 4.31. The van der Waals surface area contributed by atoms with Gasteiger partial charge in [0.1, 0.15) is 9.79 Å². The number of rotatable bonds is 0. The number of hydrogen-bond donors (Lipinski definition) is 0. The fourth-order valence-electron chi connectivity index (χ4n) is 3.76. The summed E-state index contributed by atoms with van der Waals surface area (Å²) in [5.74, 6) is 0.910. The van der Waals surface area contributed by atoms with E-state index in [4.69, 9.17) is 0 Å². The Morgan fingerprint density at radius 2 is 0.964 bits per heavy atom. The average molecular weight is 416 g/mol. The molecule has 0 aliphatic carbocycles. The highest BCUT2D eigenvalue weighted by Gasteiger charge is 2.36. The molecule has 2 aromatic rings. The van der Waals surface area contributed by atoms with Crippen LogP contribution in [-0.4, -0.2) is 64.5 Å². The van der Waals surface area contributed by atoms with Crippen LogP contribution in [-0.2, 0) is 20.0 Å². The molecule has 144 valence electrons. The summed E-state index contributed by atoms with van der Waals surface area (Å²) in [6, 6.07) is 13.6. The largest absolute Gasteiger partial charge is 0.352 e. The van der Waals surface area contributed by atoms with Crippen LogP contribution in [0.15, 0.2) is 67.1 Å². The van der Waals surface area contributed by atoms with E-state index in [1.54, 1.807) is 48.5 Å². The lowest BCUT2D eigenvalue weighted by molar-refractivity contribution is 0.260. The smallest absolute Gasteiger partial charge is 0.285 e. The highest BCUT2D eigenvalue weighted by atomic mass is 32.2. The topological polar surface area (TPSA) is 99.5 Å². The monoisotopic (exact) mass is 416 g/mol. The Hall–Kier alpha value is -2.72. The van der Waals surface area contributed by atoms with Gasteiger partial charge >= 0.3 is 0 Å². The van der Waals surface area contributed by atoms with E-state index in [9.17, 15) is 16.8 Å². The van der Waals surface area contributed by atoms with Crippen LogP contribution in [0.25, 0.3) is 0 Å². The molecule has 0 saturated carbocycles. The van der Waals surface area contributed by atoms with Crippen LogP contribution >= 0.6 is 0 Å². The summed E-state index contributed by atoms with van der Waals surface area (Å²) in [6.45, 7) is 2.07. The molecule has 1 fully saturated rings. The summed E-state index contributed by atoms with van der Waals surface area (Å²) in [5, 5.41) is 0. The Balaban J connectivity index is 1.40. The zero-order valence-corrected chi connectivity index (χ0v) is 16.3. The molecule has 0 amide bonds. The predicted molar refractivity (Wildman–Crippen MR) is 103 cm³/mol. The third-order valence-electron chi connectivity index (χ3n) is 5.10. The lowest BCUT2D eigenvalue weighted by Gasteiger charge is -2.36. The van der Waals surface area contributed by atoms with Crippen molar-refractivity contribution in [1.29, 1.82) is 0 Å². The minimum absolute atomic E-state index is 0.229. The molecule has 3 heterocycles. The van der Waals surface area contributed by atoms with E-state index < -0.39 is 20.0 Å². The van der Waals surface area contributed by atoms with Gasteiger partial charge in [-0.2, -0.15) is 16.8 Å². The normalized spacial score (nSPS) is 21.7. The third-order valence-corrected chi connectivity index (χ3v) is 7.75. The number of hydrogen-bond acceptors (Lipinski definition) is 6. The maximum absolute atomic E-state index is 12.3. The molecule has 2 aromatic carbocycles. The molecule has 0 bridgehead atoms. The quantitative estimate of drug-likeness (QED) is 0.633. The van der Waals surface area contributed by atoms with Gasteiger partial charge in [-0.1, -0.05) is 24.3 Å². The Kier molecular flexibility index (Phi) is 3.65. The van der Waals surface area contributed by atoms with Gasteiger partial charge in [-0.05, 0) is 24.3 Å². The van der Waals surface area contributed by atoms with Gasteiger partial charge < -0.3 is 9.80 Å². The Morgan fingerprint density at radius 3 is 1.36 bits per heavy atom. The summed E-state index contributed by atoms with van der Waals surface area (Å²) in [6.07, 6.45) is 0. The molecule has 0 radical (unpaired) electrons. The first-order valence-electron chi connectivity index (χ1n) is 8.75. The molecular formula is C18H16N4O4S2. The van der Waals surface area contributed by atoms with Gasteiger partial charge in [-0.15, -0.1) is 8.80 Å². The third kappa shape index (κ3) is 2.55. The van der Waals surface area contributed by atoms with Gasteiger partial charge in [0.15, 0.2) is 11.7 Å². The van der Waals surface area contributed by atoms with Crippen molar-refractivity contribution in [2.45, 2.75) is 9.79 Å². The minimum Gasteiger partial charge on any atom is -0.352 e. The first-order chi connectivity index (χ1) is 13.4. The van der Waals surface area contributed by atoms with E-state index in [0.29, 0.717) is 49.0 Å². The lowest BCUT2D eigenvalue weighted by Crippen LogP contribution is -2.50. The highest BCUT2D eigenvalue weighted by Crippen LogP contribution is 2.30. The van der Waals surface area contributed by atoms with Crippen LogP contribution < -0.4 is 0 Å². The van der Waals surface area contributed by atoms with E-state index >= 15 is 0 Å². The van der Waals surface area contributed by atoms with E-state index in [2.05, 4.69) is 8.80 Å². The van der Waals surface area contributed by atoms with Gasteiger partial charge in [-0.25, -0.2) is 0 Å². The number of fused-ring (bicyclic) bond motifs is 2. The zero-order valence-electron chi connectivity index (χ0n) is 14.7. The SMILES string of the molecule is O=S1(=O)N=C(N2CCN(C3=NS(=O)(=O)c4ccccc43)CC2)c2ccccc21. The van der Waals surface area contributed by atoms with Crippen molar-refractivity contribution in [1.82, 2.24) is 9.80 Å². The van der Waals surface area contributed by atoms with Crippen LogP contribution in [0.5, 0.6) is 0 Å². The molecule has 3 aliphatic heterocycles. The molecule has 5 rings (SSSR count). The van der Waals surface area contributed by atoms with Crippen LogP contribution in [0, 0.1) is 0 Å². The fraction of sp³-hybridized carbons (Fsp3) is 0.222. The van der Waals surface area contributed by atoms with Crippen LogP contribution in [0.4, 0.5) is 0 Å². The second-order valence-electron chi connectivity index (χ2n) is 6.75. The lowest BCUT2D eigenvalue weighted by atomic mass is 10.1. The van der Waals surface area contributed by atoms with E-state index in [0.717, 1.165) is 0 Å². The number of amidine groups is 2. The summed E-state index contributed by atoms with van der Waals surface area (Å²) >= 11 is 0. The van der Waals surface area contributed by atoms with Crippen molar-refractivity contribution in [2.75, 3.05) is 26.2 Å². The van der Waals surface area contributed by atoms with Crippen molar-refractivity contribution < 1.29 is 16.8 Å². The molecule has 0 spiro atoms. The Bertz CT molecular complexity index is 1160. The van der Waals surface area contributed by atoms with E-state index in [1.807, 2.05) is 9.80 Å². The molecule has 0 unspecified atom stereocenters. The fourth-order valence-corrected chi connectivity index (χ4v) is 6.22. The summed E-state index contributed by atoms with van der Waals surface area (Å²) in [5.41, 5.74) is 1.23. The van der Waals surface area contributed by atoms with E-state index in [1.165, 1.54) is 0 Å². The Labute approximate surface area is 162 Å². The summed E-state index contributed by atoms with van der Waals surface area (Å²) < 4.78 is 57.0. The number of piperazine rings is 1. The number of nitrogens with zero attached hydrogens (tertiary/aromatic N) is 4. The van der Waals surface area contributed by atoms with Crippen molar-refractivity contribution in [3.05, 3.63) is 59.7 Å². The number of benzene rings is 2. The van der Waals surface area contributed by atoms with Gasteiger partial charge in [0, 0.05) is 37.3 Å². The first kappa shape index (κ1) is 17.4. The van der Waals surface area contributed by atoms with Crippen LogP contribution in [0.1, 0.15) is 11.1 Å². The number of sulfonamides is 2. The molecule has 28 heavy (non-hydrogen) atoms. The standard InChI is InChI=1S/C18H16N4O4S2/c23-27(24)15-7-3-1-5-13(15)17(19-27)21-9-11-22(12-10-21)18-14-6-2-4-8-16(14)28(25,26)20-18/h1-8H,9-12H2. The predicted octanol–water partition coefficient (Wildman–Crippen LogP) is 0.902. The van der Waals surface area contributed by atoms with Gasteiger partial charge in [-0.3, -0.25) is 0 Å². The zero-order chi connectivity index (χ0) is 19.5. The second-order valence-corrected chi connectivity index (χ2v) is 9.89. The molecule has 8 nitrogen and oxygen atoms in total. The molecule has 0 atom stereocenters. The molecule has 0 aromatic heterocycles. The van der Waals surface area contributed by atoms with E-state index in [-0.39, 0.29) is 9.79 Å². The molecule has 10 heteroatoms. The second kappa shape index (κ2) is 5.89. The van der Waals surface area contributed by atoms with Gasteiger partial charge in [0.05, 0.1) is 0 Å². The maximum Gasteiger partial charge on any atom is 0.285 e. The highest BCUT2D eigenvalue weighted by molar-refractivity contribution is 7.91. The molecule has 0 N–H and O–H groups in total. The van der Waals surface area contributed by atoms with Crippen molar-refractivity contribution in [3.8, 4) is 0 Å². The van der Waals surface area contributed by atoms with Crippen LogP contribution in [0.3, 0.4) is 0 Å². The van der Waals surface area contributed by atoms with Gasteiger partial charge in [0.25, 0.3) is 20.0 Å².